The van der Waals surface area contributed by atoms with E-state index in [1.54, 1.807) is 0 Å². The monoisotopic (exact) mass is 297 g/mol. The fraction of sp³-hybridized carbons (Fsp3) is 0.118. The Morgan fingerprint density at radius 3 is 2.52 bits per heavy atom. The van der Waals surface area contributed by atoms with E-state index in [0.717, 1.165) is 27.8 Å². The summed E-state index contributed by atoms with van der Waals surface area (Å²) in [4.78, 5) is 4.44. The highest BCUT2D eigenvalue weighted by atomic mass is 35.5. The highest BCUT2D eigenvalue weighted by Crippen LogP contribution is 2.30. The van der Waals surface area contributed by atoms with Crippen molar-refractivity contribution in [3.05, 3.63) is 66.2 Å². The second-order valence-corrected chi connectivity index (χ2v) is 5.46. The van der Waals surface area contributed by atoms with Crippen molar-refractivity contribution in [2.75, 3.05) is 0 Å². The smallest absolute Gasteiger partial charge is 0.197 e. The molecule has 104 valence electrons. The maximum absolute atomic E-state index is 6.45. The molecule has 2 aromatic carbocycles. The summed E-state index contributed by atoms with van der Waals surface area (Å²) < 4.78 is 11.5. The van der Waals surface area contributed by atoms with Crippen LogP contribution in [0.3, 0.4) is 0 Å². The van der Waals surface area contributed by atoms with E-state index in [0.29, 0.717) is 12.3 Å². The molecular formula is C17H12ClNO2. The Balaban J connectivity index is 1.63. The lowest BCUT2D eigenvalue weighted by molar-refractivity contribution is 0.491. The summed E-state index contributed by atoms with van der Waals surface area (Å²) in [6, 6.07) is 17.5. The minimum atomic E-state index is -0.300. The van der Waals surface area contributed by atoms with Crippen LogP contribution < -0.4 is 0 Å². The standard InChI is InChI=1S/C17H12ClNO2/c18-12(16-9-11-5-1-3-7-14(11)20-16)10-17-19-13-6-2-4-8-15(13)21-17/h1-9,12H,10H2. The first-order valence-electron chi connectivity index (χ1n) is 6.76. The molecule has 0 radical (unpaired) electrons. The zero-order valence-corrected chi connectivity index (χ0v) is 11.9. The highest BCUT2D eigenvalue weighted by Gasteiger charge is 2.17. The number of nitrogens with zero attached hydrogens (tertiary/aromatic N) is 1. The van der Waals surface area contributed by atoms with Crippen molar-refractivity contribution >= 4 is 33.7 Å². The molecule has 0 saturated carbocycles. The van der Waals surface area contributed by atoms with E-state index in [1.165, 1.54) is 0 Å². The predicted molar refractivity (Wildman–Crippen MR) is 82.5 cm³/mol. The van der Waals surface area contributed by atoms with Gasteiger partial charge in [0.15, 0.2) is 11.5 Å². The van der Waals surface area contributed by atoms with Crippen LogP contribution in [-0.2, 0) is 6.42 Å². The lowest BCUT2D eigenvalue weighted by Crippen LogP contribution is -1.94. The molecule has 4 heteroatoms. The number of aromatic nitrogens is 1. The van der Waals surface area contributed by atoms with E-state index in [-0.39, 0.29) is 5.38 Å². The molecule has 3 nitrogen and oxygen atoms in total. The molecule has 0 bridgehead atoms. The van der Waals surface area contributed by atoms with Gasteiger partial charge in [-0.1, -0.05) is 30.3 Å². The maximum Gasteiger partial charge on any atom is 0.197 e. The molecular weight excluding hydrogens is 286 g/mol. The van der Waals surface area contributed by atoms with Crippen molar-refractivity contribution in [3.63, 3.8) is 0 Å². The van der Waals surface area contributed by atoms with E-state index < -0.39 is 0 Å². The zero-order chi connectivity index (χ0) is 14.2. The lowest BCUT2D eigenvalue weighted by Gasteiger charge is -2.02. The number of alkyl halides is 1. The normalized spacial score (nSPS) is 13.0. The van der Waals surface area contributed by atoms with Gasteiger partial charge in [0.05, 0.1) is 0 Å². The van der Waals surface area contributed by atoms with E-state index >= 15 is 0 Å². The number of hydrogen-bond donors (Lipinski definition) is 0. The van der Waals surface area contributed by atoms with E-state index in [1.807, 2.05) is 54.6 Å². The van der Waals surface area contributed by atoms with Gasteiger partial charge in [-0.05, 0) is 24.3 Å². The first-order chi connectivity index (χ1) is 10.3. The minimum Gasteiger partial charge on any atom is -0.459 e. The second kappa shape index (κ2) is 4.93. The third kappa shape index (κ3) is 2.30. The summed E-state index contributed by atoms with van der Waals surface area (Å²) in [5, 5.41) is 0.751. The molecule has 0 saturated heterocycles. The summed E-state index contributed by atoms with van der Waals surface area (Å²) >= 11 is 6.45. The van der Waals surface area contributed by atoms with Crippen molar-refractivity contribution in [3.8, 4) is 0 Å². The molecule has 4 aromatic rings. The number of benzene rings is 2. The molecule has 0 aliphatic rings. The largest absolute Gasteiger partial charge is 0.459 e. The molecule has 0 fully saturated rings. The molecule has 0 aliphatic heterocycles. The lowest BCUT2D eigenvalue weighted by atomic mass is 10.2. The van der Waals surface area contributed by atoms with Gasteiger partial charge in [-0.25, -0.2) is 4.98 Å². The molecule has 2 heterocycles. The van der Waals surface area contributed by atoms with Crippen molar-refractivity contribution in [1.29, 1.82) is 0 Å². The third-order valence-corrected chi connectivity index (χ3v) is 3.81. The first kappa shape index (κ1) is 12.5. The molecule has 0 N–H and O–H groups in total. The van der Waals surface area contributed by atoms with E-state index in [9.17, 15) is 0 Å². The number of hydrogen-bond acceptors (Lipinski definition) is 3. The molecule has 2 aromatic heterocycles. The topological polar surface area (TPSA) is 39.2 Å². The van der Waals surface area contributed by atoms with Gasteiger partial charge in [-0.3, -0.25) is 0 Å². The predicted octanol–water partition coefficient (Wildman–Crippen LogP) is 5.10. The molecule has 0 aliphatic carbocycles. The summed E-state index contributed by atoms with van der Waals surface area (Å²) in [7, 11) is 0. The van der Waals surface area contributed by atoms with Crippen molar-refractivity contribution < 1.29 is 8.83 Å². The molecule has 21 heavy (non-hydrogen) atoms. The summed E-state index contributed by atoms with van der Waals surface area (Å²) in [6.07, 6.45) is 0.496. The number of rotatable bonds is 3. The van der Waals surface area contributed by atoms with E-state index in [4.69, 9.17) is 20.4 Å². The fourth-order valence-electron chi connectivity index (χ4n) is 2.42. The van der Waals surface area contributed by atoms with Crippen LogP contribution in [0.1, 0.15) is 17.0 Å². The minimum absolute atomic E-state index is 0.300. The first-order valence-corrected chi connectivity index (χ1v) is 7.20. The number of oxazole rings is 1. The number of para-hydroxylation sites is 3. The highest BCUT2D eigenvalue weighted by molar-refractivity contribution is 6.20. The van der Waals surface area contributed by atoms with E-state index in [2.05, 4.69) is 4.98 Å². The number of halogens is 1. The quantitative estimate of drug-likeness (QED) is 0.494. The third-order valence-electron chi connectivity index (χ3n) is 3.45. The average Bonchev–Trinajstić information content (AvgIpc) is 3.10. The molecule has 1 atom stereocenters. The Hall–Kier alpha value is -2.26. The van der Waals surface area contributed by atoms with Gasteiger partial charge in [0.2, 0.25) is 0 Å². The van der Waals surface area contributed by atoms with Crippen LogP contribution >= 0.6 is 11.6 Å². The molecule has 1 unspecified atom stereocenters. The summed E-state index contributed by atoms with van der Waals surface area (Å²) in [5.41, 5.74) is 2.47. The zero-order valence-electron chi connectivity index (χ0n) is 11.1. The average molecular weight is 298 g/mol. The van der Waals surface area contributed by atoms with Crippen molar-refractivity contribution in [2.45, 2.75) is 11.8 Å². The fourth-order valence-corrected chi connectivity index (χ4v) is 2.66. The molecule has 4 rings (SSSR count). The van der Waals surface area contributed by atoms with Crippen LogP contribution in [0.4, 0.5) is 0 Å². The van der Waals surface area contributed by atoms with Gasteiger partial charge in [-0.2, -0.15) is 0 Å². The Morgan fingerprint density at radius 1 is 0.952 bits per heavy atom. The Kier molecular flexibility index (Phi) is 2.93. The van der Waals surface area contributed by atoms with Gasteiger partial charge in [-0.15, -0.1) is 11.6 Å². The van der Waals surface area contributed by atoms with Crippen LogP contribution in [0.5, 0.6) is 0 Å². The Morgan fingerprint density at radius 2 is 1.71 bits per heavy atom. The van der Waals surface area contributed by atoms with Gasteiger partial charge >= 0.3 is 0 Å². The van der Waals surface area contributed by atoms with Gasteiger partial charge < -0.3 is 8.83 Å². The van der Waals surface area contributed by atoms with Gasteiger partial charge in [0.25, 0.3) is 0 Å². The Labute approximate surface area is 126 Å². The van der Waals surface area contributed by atoms with Crippen molar-refractivity contribution in [1.82, 2.24) is 4.98 Å². The van der Waals surface area contributed by atoms with Crippen LogP contribution in [0.15, 0.2) is 63.4 Å². The number of furan rings is 1. The number of fused-ring (bicyclic) bond motifs is 2. The summed E-state index contributed by atoms with van der Waals surface area (Å²) in [6.45, 7) is 0. The summed E-state index contributed by atoms with van der Waals surface area (Å²) in [5.74, 6) is 1.36. The van der Waals surface area contributed by atoms with Crippen LogP contribution in [0.2, 0.25) is 0 Å². The molecule has 0 amide bonds. The van der Waals surface area contributed by atoms with Gasteiger partial charge in [0.1, 0.15) is 22.2 Å². The van der Waals surface area contributed by atoms with Crippen LogP contribution in [-0.4, -0.2) is 4.98 Å². The Bertz CT molecular complexity index is 843. The van der Waals surface area contributed by atoms with Crippen molar-refractivity contribution in [2.24, 2.45) is 0 Å². The second-order valence-electron chi connectivity index (χ2n) is 4.93. The molecule has 0 spiro atoms. The maximum atomic E-state index is 6.45. The SMILES string of the molecule is ClC(Cc1nc2ccccc2o1)c1cc2ccccc2o1. The van der Waals surface area contributed by atoms with Crippen LogP contribution in [0, 0.1) is 0 Å². The van der Waals surface area contributed by atoms with Crippen LogP contribution in [0.25, 0.3) is 22.1 Å². The van der Waals surface area contributed by atoms with Gasteiger partial charge in [0, 0.05) is 11.8 Å².